The van der Waals surface area contributed by atoms with Crippen molar-refractivity contribution in [3.63, 3.8) is 0 Å². The molecule has 0 aromatic heterocycles. The zero-order valence-electron chi connectivity index (χ0n) is 10.2. The van der Waals surface area contributed by atoms with Gasteiger partial charge in [0.1, 0.15) is 0 Å². The van der Waals surface area contributed by atoms with Crippen molar-refractivity contribution in [2.45, 2.75) is 64.0 Å². The average molecular weight is 214 g/mol. The highest BCUT2D eigenvalue weighted by Gasteiger charge is 2.23. The highest BCUT2D eigenvalue weighted by Crippen LogP contribution is 2.28. The topological polar surface area (TPSA) is 47.3 Å². The molecule has 1 fully saturated rings. The van der Waals surface area contributed by atoms with Gasteiger partial charge in [0.2, 0.25) is 0 Å². The lowest BCUT2D eigenvalue weighted by molar-refractivity contribution is 0.0543. The van der Waals surface area contributed by atoms with Gasteiger partial charge in [-0.1, -0.05) is 39.0 Å². The average Bonchev–Trinajstić information content (AvgIpc) is 2.30. The Balaban J connectivity index is 2.36. The maximum Gasteiger partial charge on any atom is 0.0735 e. The van der Waals surface area contributed by atoms with Crippen LogP contribution in [0.5, 0.6) is 0 Å². The lowest BCUT2D eigenvalue weighted by Crippen LogP contribution is -2.45. The molecule has 1 aliphatic carbocycles. The number of hydrazine groups is 1. The summed E-state index contributed by atoms with van der Waals surface area (Å²) in [6.45, 7) is 2.15. The molecule has 0 saturated heterocycles. The molecule has 0 amide bonds. The number of methoxy groups -OCH3 is 1. The number of hydrogen-bond acceptors (Lipinski definition) is 3. The van der Waals surface area contributed by atoms with Crippen LogP contribution in [0.4, 0.5) is 0 Å². The minimum atomic E-state index is 0.261. The summed E-state index contributed by atoms with van der Waals surface area (Å²) in [4.78, 5) is 0. The van der Waals surface area contributed by atoms with Crippen LogP contribution in [0.2, 0.25) is 0 Å². The molecule has 0 aromatic carbocycles. The number of rotatable bonds is 6. The van der Waals surface area contributed by atoms with Crippen LogP contribution in [0.3, 0.4) is 0 Å². The molecule has 1 saturated carbocycles. The van der Waals surface area contributed by atoms with E-state index in [1.807, 2.05) is 0 Å². The summed E-state index contributed by atoms with van der Waals surface area (Å²) in [6.07, 6.45) is 9.41. The monoisotopic (exact) mass is 214 g/mol. The predicted octanol–water partition coefficient (Wildman–Crippen LogP) is 2.21. The normalized spacial score (nSPS) is 22.6. The van der Waals surface area contributed by atoms with Crippen LogP contribution in [-0.2, 0) is 4.74 Å². The molecule has 1 rings (SSSR count). The highest BCUT2D eigenvalue weighted by molar-refractivity contribution is 4.79. The summed E-state index contributed by atoms with van der Waals surface area (Å²) in [5.74, 6) is 6.46. The van der Waals surface area contributed by atoms with Crippen LogP contribution >= 0.6 is 0 Å². The van der Waals surface area contributed by atoms with Crippen molar-refractivity contribution in [3.05, 3.63) is 0 Å². The number of hydrogen-bond donors (Lipinski definition) is 2. The third-order valence-corrected chi connectivity index (χ3v) is 3.68. The van der Waals surface area contributed by atoms with Gasteiger partial charge in [-0.25, -0.2) is 0 Å². The molecule has 2 atom stereocenters. The second kappa shape index (κ2) is 7.20. The van der Waals surface area contributed by atoms with Crippen LogP contribution in [0.15, 0.2) is 0 Å². The summed E-state index contributed by atoms with van der Waals surface area (Å²) < 4.78 is 5.45. The van der Waals surface area contributed by atoms with E-state index in [4.69, 9.17) is 10.6 Å². The van der Waals surface area contributed by atoms with Gasteiger partial charge in [-0.3, -0.25) is 11.3 Å². The Kier molecular flexibility index (Phi) is 6.22. The molecule has 3 heteroatoms. The maximum atomic E-state index is 5.61. The van der Waals surface area contributed by atoms with E-state index in [-0.39, 0.29) is 6.10 Å². The van der Waals surface area contributed by atoms with Gasteiger partial charge in [-0.15, -0.1) is 0 Å². The summed E-state index contributed by atoms with van der Waals surface area (Å²) in [5.41, 5.74) is 2.93. The molecule has 2 unspecified atom stereocenters. The molecule has 0 radical (unpaired) electrons. The molecule has 0 heterocycles. The molecule has 0 bridgehead atoms. The molecule has 0 aromatic rings. The van der Waals surface area contributed by atoms with Crippen LogP contribution in [-0.4, -0.2) is 19.3 Å². The maximum absolute atomic E-state index is 5.61. The number of nitrogens with two attached hydrogens (primary N) is 1. The largest absolute Gasteiger partial charge is 0.380 e. The Morgan fingerprint density at radius 2 is 2.00 bits per heavy atom. The molecular formula is C12H26N2O. The van der Waals surface area contributed by atoms with Gasteiger partial charge in [-0.05, 0) is 18.8 Å². The van der Waals surface area contributed by atoms with E-state index in [0.29, 0.717) is 6.04 Å². The first-order chi connectivity index (χ1) is 7.31. The van der Waals surface area contributed by atoms with Crippen molar-refractivity contribution >= 4 is 0 Å². The minimum Gasteiger partial charge on any atom is -0.380 e. The van der Waals surface area contributed by atoms with E-state index in [2.05, 4.69) is 12.3 Å². The Morgan fingerprint density at radius 1 is 1.33 bits per heavy atom. The first-order valence-electron chi connectivity index (χ1n) is 6.30. The van der Waals surface area contributed by atoms with Gasteiger partial charge in [0.25, 0.3) is 0 Å². The predicted molar refractivity (Wildman–Crippen MR) is 63.4 cm³/mol. The van der Waals surface area contributed by atoms with Crippen molar-refractivity contribution in [1.82, 2.24) is 5.43 Å². The SMILES string of the molecule is CCC(OC)C(CC1CCCCC1)NN. The molecule has 0 spiro atoms. The smallest absolute Gasteiger partial charge is 0.0735 e. The van der Waals surface area contributed by atoms with Crippen molar-refractivity contribution in [3.8, 4) is 0 Å². The van der Waals surface area contributed by atoms with Gasteiger partial charge in [0, 0.05) is 13.2 Å². The van der Waals surface area contributed by atoms with Crippen LogP contribution in [0.25, 0.3) is 0 Å². The fourth-order valence-electron chi connectivity index (χ4n) is 2.72. The third-order valence-electron chi connectivity index (χ3n) is 3.68. The Hall–Kier alpha value is -0.120. The van der Waals surface area contributed by atoms with E-state index >= 15 is 0 Å². The summed E-state index contributed by atoms with van der Waals surface area (Å²) in [7, 11) is 1.78. The van der Waals surface area contributed by atoms with Crippen LogP contribution in [0, 0.1) is 5.92 Å². The molecule has 3 nitrogen and oxygen atoms in total. The summed E-state index contributed by atoms with van der Waals surface area (Å²) in [6, 6.07) is 0.322. The van der Waals surface area contributed by atoms with E-state index in [0.717, 1.165) is 12.3 Å². The lowest BCUT2D eigenvalue weighted by Gasteiger charge is -2.30. The summed E-state index contributed by atoms with van der Waals surface area (Å²) in [5, 5.41) is 0. The number of nitrogens with one attached hydrogen (secondary N) is 1. The second-order valence-corrected chi connectivity index (χ2v) is 4.70. The quantitative estimate of drug-likeness (QED) is 0.526. The minimum absolute atomic E-state index is 0.261. The third kappa shape index (κ3) is 4.09. The van der Waals surface area contributed by atoms with Gasteiger partial charge in [0.05, 0.1) is 6.10 Å². The summed E-state index contributed by atoms with van der Waals surface area (Å²) >= 11 is 0. The van der Waals surface area contributed by atoms with Crippen LogP contribution < -0.4 is 11.3 Å². The van der Waals surface area contributed by atoms with Gasteiger partial charge < -0.3 is 4.74 Å². The lowest BCUT2D eigenvalue weighted by atomic mass is 9.83. The van der Waals surface area contributed by atoms with Gasteiger partial charge in [0.15, 0.2) is 0 Å². The Labute approximate surface area is 93.7 Å². The van der Waals surface area contributed by atoms with Crippen molar-refractivity contribution < 1.29 is 4.74 Å². The van der Waals surface area contributed by atoms with Gasteiger partial charge >= 0.3 is 0 Å². The highest BCUT2D eigenvalue weighted by atomic mass is 16.5. The second-order valence-electron chi connectivity index (χ2n) is 4.70. The molecule has 90 valence electrons. The van der Waals surface area contributed by atoms with E-state index < -0.39 is 0 Å². The Bertz CT molecular complexity index is 154. The van der Waals surface area contributed by atoms with Gasteiger partial charge in [-0.2, -0.15) is 0 Å². The number of ether oxygens (including phenoxy) is 1. The van der Waals surface area contributed by atoms with Crippen molar-refractivity contribution in [2.24, 2.45) is 11.8 Å². The zero-order valence-corrected chi connectivity index (χ0v) is 10.2. The molecule has 15 heavy (non-hydrogen) atoms. The molecule has 0 aliphatic heterocycles. The van der Waals surface area contributed by atoms with E-state index in [1.165, 1.54) is 38.5 Å². The standard InChI is InChI=1S/C12H26N2O/c1-3-12(15-2)11(14-13)9-10-7-5-4-6-8-10/h10-12,14H,3-9,13H2,1-2H3. The fraction of sp³-hybridized carbons (Fsp3) is 1.00. The first kappa shape index (κ1) is 12.9. The van der Waals surface area contributed by atoms with Crippen molar-refractivity contribution in [1.29, 1.82) is 0 Å². The van der Waals surface area contributed by atoms with E-state index in [9.17, 15) is 0 Å². The van der Waals surface area contributed by atoms with Crippen LogP contribution in [0.1, 0.15) is 51.9 Å². The van der Waals surface area contributed by atoms with Crippen molar-refractivity contribution in [2.75, 3.05) is 7.11 Å². The molecular weight excluding hydrogens is 188 g/mol. The molecule has 3 N–H and O–H groups in total. The van der Waals surface area contributed by atoms with E-state index in [1.54, 1.807) is 7.11 Å². The zero-order chi connectivity index (χ0) is 11.1. The molecule has 1 aliphatic rings. The first-order valence-corrected chi connectivity index (χ1v) is 6.30. The fourth-order valence-corrected chi connectivity index (χ4v) is 2.72. The Morgan fingerprint density at radius 3 is 2.47 bits per heavy atom.